The fourth-order valence-corrected chi connectivity index (χ4v) is 4.74. The summed E-state index contributed by atoms with van der Waals surface area (Å²) in [6.45, 7) is 6.21. The number of halogens is 3. The monoisotopic (exact) mass is 482 g/mol. The average Bonchev–Trinajstić information content (AvgIpc) is 3.58. The number of carbonyl (C=O) groups excluding carboxylic acids is 1. The van der Waals surface area contributed by atoms with Gasteiger partial charge in [0.15, 0.2) is 0 Å². The molecule has 0 spiro atoms. The van der Waals surface area contributed by atoms with Crippen LogP contribution in [0.5, 0.6) is 0 Å². The van der Waals surface area contributed by atoms with Crippen molar-refractivity contribution < 1.29 is 27.4 Å². The van der Waals surface area contributed by atoms with Gasteiger partial charge in [0.2, 0.25) is 0 Å². The summed E-state index contributed by atoms with van der Waals surface area (Å²) in [6, 6.07) is 1.45. The van der Waals surface area contributed by atoms with Crippen molar-refractivity contribution in [3.63, 3.8) is 0 Å². The molecule has 4 rings (SSSR count). The maximum absolute atomic E-state index is 13.9. The normalized spacial score (nSPS) is 20.0. The number of rotatable bonds is 9. The van der Waals surface area contributed by atoms with E-state index in [2.05, 4.69) is 10.3 Å². The Morgan fingerprint density at radius 1 is 1.41 bits per heavy atom. The molecule has 34 heavy (non-hydrogen) atoms. The zero-order chi connectivity index (χ0) is 24.5. The topological polar surface area (TPSA) is 68.6 Å². The van der Waals surface area contributed by atoms with Crippen LogP contribution in [-0.4, -0.2) is 65.9 Å². The number of alkyl halides is 3. The van der Waals surface area contributed by atoms with Gasteiger partial charge in [-0.05, 0) is 38.7 Å². The lowest BCUT2D eigenvalue weighted by molar-refractivity contribution is -0.148. The number of hydrogen-bond donors (Lipinski definition) is 1. The summed E-state index contributed by atoms with van der Waals surface area (Å²) >= 11 is 0. The Balaban J connectivity index is 1.75. The van der Waals surface area contributed by atoms with E-state index < -0.39 is 17.8 Å². The van der Waals surface area contributed by atoms with E-state index in [9.17, 15) is 18.0 Å². The van der Waals surface area contributed by atoms with Crippen molar-refractivity contribution in [1.82, 2.24) is 19.8 Å². The van der Waals surface area contributed by atoms with Crippen molar-refractivity contribution in [1.29, 1.82) is 0 Å². The van der Waals surface area contributed by atoms with Crippen LogP contribution < -0.4 is 5.32 Å². The first-order valence-electron chi connectivity index (χ1n) is 12.0. The number of aryl methyl sites for hydroxylation is 2. The summed E-state index contributed by atoms with van der Waals surface area (Å²) in [7, 11) is 1.57. The van der Waals surface area contributed by atoms with Crippen LogP contribution in [-0.2, 0) is 33.4 Å². The predicted octanol–water partition coefficient (Wildman–Crippen LogP) is 3.69. The minimum atomic E-state index is -4.48. The van der Waals surface area contributed by atoms with Crippen molar-refractivity contribution in [3.05, 3.63) is 29.2 Å². The van der Waals surface area contributed by atoms with E-state index in [-0.39, 0.29) is 23.4 Å². The molecule has 1 amide bonds. The van der Waals surface area contributed by atoms with Gasteiger partial charge in [0, 0.05) is 51.0 Å². The van der Waals surface area contributed by atoms with Crippen LogP contribution in [0.25, 0.3) is 10.9 Å². The van der Waals surface area contributed by atoms with Crippen molar-refractivity contribution in [3.8, 4) is 0 Å². The summed E-state index contributed by atoms with van der Waals surface area (Å²) in [5.74, 6) is -0.0893. The van der Waals surface area contributed by atoms with E-state index in [0.29, 0.717) is 62.6 Å². The number of ether oxygens (including phenoxy) is 2. The smallest absolute Gasteiger partial charge is 0.385 e. The Kier molecular flexibility index (Phi) is 7.49. The highest BCUT2D eigenvalue weighted by Crippen LogP contribution is 2.40. The number of methoxy groups -OCH3 is 1. The number of pyridine rings is 1. The van der Waals surface area contributed by atoms with E-state index in [1.807, 2.05) is 18.7 Å². The van der Waals surface area contributed by atoms with Crippen LogP contribution in [0.15, 0.2) is 12.3 Å². The summed E-state index contributed by atoms with van der Waals surface area (Å²) in [6.07, 6.45) is -1.09. The van der Waals surface area contributed by atoms with Crippen molar-refractivity contribution in [2.24, 2.45) is 0 Å². The second kappa shape index (κ2) is 10.2. The lowest BCUT2D eigenvalue weighted by atomic mass is 10.1. The van der Waals surface area contributed by atoms with Crippen LogP contribution in [0, 0.1) is 0 Å². The predicted molar refractivity (Wildman–Crippen MR) is 121 cm³/mol. The maximum Gasteiger partial charge on any atom is 0.418 e. The van der Waals surface area contributed by atoms with Crippen LogP contribution >= 0.6 is 0 Å². The molecule has 1 aliphatic carbocycles. The lowest BCUT2D eigenvalue weighted by Gasteiger charge is -2.34. The largest absolute Gasteiger partial charge is 0.418 e. The molecule has 1 saturated carbocycles. The van der Waals surface area contributed by atoms with Crippen LogP contribution in [0.3, 0.4) is 0 Å². The summed E-state index contributed by atoms with van der Waals surface area (Å²) in [4.78, 5) is 19.9. The number of fused-ring (bicyclic) bond motifs is 1. The number of amides is 1. The summed E-state index contributed by atoms with van der Waals surface area (Å²) < 4.78 is 54.2. The Morgan fingerprint density at radius 3 is 2.76 bits per heavy atom. The average molecular weight is 483 g/mol. The van der Waals surface area contributed by atoms with Crippen molar-refractivity contribution >= 4 is 16.8 Å². The van der Waals surface area contributed by atoms with E-state index in [1.54, 1.807) is 17.7 Å². The molecule has 0 aromatic carbocycles. The quantitative estimate of drug-likeness (QED) is 0.552. The summed E-state index contributed by atoms with van der Waals surface area (Å²) in [5, 5.41) is 3.34. The molecular formula is C24H33F3N4O3. The second-order valence-corrected chi connectivity index (χ2v) is 9.04. The van der Waals surface area contributed by atoms with Gasteiger partial charge >= 0.3 is 6.18 Å². The molecule has 2 fully saturated rings. The van der Waals surface area contributed by atoms with Gasteiger partial charge in [0.1, 0.15) is 6.10 Å². The second-order valence-electron chi connectivity index (χ2n) is 9.04. The Morgan fingerprint density at radius 2 is 2.18 bits per heavy atom. The fraction of sp³-hybridized carbons (Fsp3) is 0.667. The third kappa shape index (κ3) is 5.08. The van der Waals surface area contributed by atoms with E-state index in [4.69, 9.17) is 9.47 Å². The highest BCUT2D eigenvalue weighted by molar-refractivity contribution is 5.88. The first-order valence-corrected chi connectivity index (χ1v) is 12.0. The molecule has 0 radical (unpaired) electrons. The number of carbonyl (C=O) groups is 1. The minimum absolute atomic E-state index is 0.0893. The molecule has 0 bridgehead atoms. The zero-order valence-electron chi connectivity index (χ0n) is 20.0. The third-order valence-corrected chi connectivity index (χ3v) is 6.59. The molecule has 0 unspecified atom stereocenters. The first-order chi connectivity index (χ1) is 16.3. The number of morpholine rings is 1. The molecule has 2 atom stereocenters. The van der Waals surface area contributed by atoms with Gasteiger partial charge in [-0.15, -0.1) is 0 Å². The molecule has 10 heteroatoms. The van der Waals surface area contributed by atoms with Crippen molar-refractivity contribution in [2.75, 3.05) is 33.4 Å². The van der Waals surface area contributed by atoms with Gasteiger partial charge in [-0.2, -0.15) is 13.2 Å². The number of hydrogen-bond acceptors (Lipinski definition) is 5. The van der Waals surface area contributed by atoms with Gasteiger partial charge < -0.3 is 24.3 Å². The number of nitrogens with zero attached hydrogens (tertiary/aromatic N) is 3. The molecule has 2 aliphatic rings. The molecule has 1 saturated heterocycles. The highest BCUT2D eigenvalue weighted by atomic mass is 19.4. The first kappa shape index (κ1) is 24.9. The van der Waals surface area contributed by atoms with Crippen molar-refractivity contribution in [2.45, 2.75) is 70.4 Å². The Hall–Kier alpha value is -2.17. The van der Waals surface area contributed by atoms with Gasteiger partial charge in [-0.1, -0.05) is 6.92 Å². The zero-order valence-corrected chi connectivity index (χ0v) is 20.0. The van der Waals surface area contributed by atoms with E-state index in [1.165, 1.54) is 6.20 Å². The lowest BCUT2D eigenvalue weighted by Crippen LogP contribution is -2.50. The van der Waals surface area contributed by atoms with Gasteiger partial charge in [-0.25, -0.2) is 0 Å². The Labute approximate surface area is 197 Å². The highest BCUT2D eigenvalue weighted by Gasteiger charge is 2.41. The Bertz CT molecular complexity index is 1010. The maximum atomic E-state index is 13.9. The molecule has 1 N–H and O–H groups in total. The molecule has 188 valence electrons. The summed E-state index contributed by atoms with van der Waals surface area (Å²) in [5.41, 5.74) is 0.834. The van der Waals surface area contributed by atoms with Gasteiger partial charge in [0.05, 0.1) is 35.1 Å². The van der Waals surface area contributed by atoms with E-state index >= 15 is 0 Å². The number of aromatic nitrogens is 2. The molecule has 3 heterocycles. The molecular weight excluding hydrogens is 449 g/mol. The SMILES string of the molecule is CCc1nc([C@@H](C)N(C(=O)[C@H]2CNCCO2)C2CC2)cc2c1c(C(F)(F)F)cn2CCCOC. The third-order valence-electron chi connectivity index (χ3n) is 6.59. The van der Waals surface area contributed by atoms with E-state index in [0.717, 1.165) is 12.8 Å². The molecule has 2 aromatic heterocycles. The van der Waals surface area contributed by atoms with Crippen LogP contribution in [0.2, 0.25) is 0 Å². The number of nitrogens with one attached hydrogen (secondary N) is 1. The molecule has 2 aromatic rings. The van der Waals surface area contributed by atoms with Gasteiger partial charge in [-0.3, -0.25) is 9.78 Å². The molecule has 1 aliphatic heterocycles. The van der Waals surface area contributed by atoms with Gasteiger partial charge in [0.25, 0.3) is 5.91 Å². The van der Waals surface area contributed by atoms with Crippen LogP contribution in [0.1, 0.15) is 56.1 Å². The molecule has 7 nitrogen and oxygen atoms in total. The fourth-order valence-electron chi connectivity index (χ4n) is 4.74. The standard InChI is InChI=1S/C24H33F3N4O3/c1-4-18-22-17(24(25,26)27)14-30(9-5-10-33-3)20(22)12-19(29-18)15(2)31(16-6-7-16)23(32)21-13-28-8-11-34-21/h12,14-16,21,28H,4-11,13H2,1-3H3/t15-,21-/m1/s1. The van der Waals surface area contributed by atoms with Crippen LogP contribution in [0.4, 0.5) is 13.2 Å². The minimum Gasteiger partial charge on any atom is -0.385 e.